The summed E-state index contributed by atoms with van der Waals surface area (Å²) in [5.74, 6) is 3.40. The molecule has 2 N–H and O–H groups in total. The number of aromatic amines is 1. The SMILES string of the molecule is COCCN1CCCC(CC(=O)[C@@H]2CCCN2c2nc(Nc3cc(C4CC4)[nH]n3)c3cccn3n2)C1. The molecule has 3 aromatic rings. The number of Topliss-reactive ketones (excluding diaryl/α,β-unsaturated/α-hetero) is 1. The maximum atomic E-state index is 13.5. The van der Waals surface area contributed by atoms with Gasteiger partial charge in [0.25, 0.3) is 0 Å². The molecule has 36 heavy (non-hydrogen) atoms. The quantitative estimate of drug-likeness (QED) is 0.444. The number of H-pyrrole nitrogens is 1. The van der Waals surface area contributed by atoms with Crippen molar-refractivity contribution in [3.63, 3.8) is 0 Å². The topological polar surface area (TPSA) is 104 Å². The molecule has 1 aliphatic carbocycles. The van der Waals surface area contributed by atoms with Crippen LogP contribution in [0.3, 0.4) is 0 Å². The first-order chi connectivity index (χ1) is 17.7. The fourth-order valence-corrected chi connectivity index (χ4v) is 5.76. The molecule has 1 unspecified atom stereocenters. The summed E-state index contributed by atoms with van der Waals surface area (Å²) in [5, 5.41) is 15.8. The van der Waals surface area contributed by atoms with E-state index in [9.17, 15) is 4.79 Å². The molecule has 192 valence electrons. The summed E-state index contributed by atoms with van der Waals surface area (Å²) in [5.41, 5.74) is 2.06. The van der Waals surface area contributed by atoms with E-state index in [0.29, 0.717) is 35.8 Å². The first-order valence-corrected chi connectivity index (χ1v) is 13.4. The average Bonchev–Trinajstić information content (AvgIpc) is 3.26. The highest BCUT2D eigenvalue weighted by atomic mass is 16.5. The van der Waals surface area contributed by atoms with Gasteiger partial charge in [0.1, 0.15) is 5.52 Å². The van der Waals surface area contributed by atoms with E-state index in [-0.39, 0.29) is 6.04 Å². The Morgan fingerprint density at radius 2 is 2.11 bits per heavy atom. The normalized spacial score (nSPS) is 23.0. The number of nitrogens with zero attached hydrogens (tertiary/aromatic N) is 6. The van der Waals surface area contributed by atoms with E-state index in [2.05, 4.69) is 31.4 Å². The lowest BCUT2D eigenvalue weighted by Crippen LogP contribution is -2.42. The van der Waals surface area contributed by atoms with Gasteiger partial charge in [-0.05, 0) is 63.1 Å². The zero-order chi connectivity index (χ0) is 24.5. The smallest absolute Gasteiger partial charge is 0.246 e. The van der Waals surface area contributed by atoms with E-state index >= 15 is 0 Å². The van der Waals surface area contributed by atoms with Gasteiger partial charge in [0, 0.05) is 57.0 Å². The van der Waals surface area contributed by atoms with Crippen molar-refractivity contribution < 1.29 is 9.53 Å². The second-order valence-electron chi connectivity index (χ2n) is 10.5. The van der Waals surface area contributed by atoms with Crippen LogP contribution in [0.1, 0.15) is 56.6 Å². The first-order valence-electron chi connectivity index (χ1n) is 13.4. The third kappa shape index (κ3) is 4.97. The molecule has 0 radical (unpaired) electrons. The maximum absolute atomic E-state index is 13.5. The van der Waals surface area contributed by atoms with Gasteiger partial charge in [-0.3, -0.25) is 9.89 Å². The Balaban J connectivity index is 1.18. The number of likely N-dealkylation sites (tertiary alicyclic amines) is 1. The fraction of sp³-hybridized carbons (Fsp3) is 0.615. The van der Waals surface area contributed by atoms with Gasteiger partial charge in [-0.25, -0.2) is 4.52 Å². The van der Waals surface area contributed by atoms with Gasteiger partial charge in [0.2, 0.25) is 5.95 Å². The molecule has 3 fully saturated rings. The lowest BCUT2D eigenvalue weighted by Gasteiger charge is -2.33. The third-order valence-electron chi connectivity index (χ3n) is 7.83. The summed E-state index contributed by atoms with van der Waals surface area (Å²) < 4.78 is 7.09. The number of anilines is 3. The Labute approximate surface area is 211 Å². The number of ketones is 1. The minimum absolute atomic E-state index is 0.160. The Morgan fingerprint density at radius 1 is 1.22 bits per heavy atom. The first kappa shape index (κ1) is 23.4. The number of ether oxygens (including phenoxy) is 1. The minimum Gasteiger partial charge on any atom is -0.383 e. The van der Waals surface area contributed by atoms with Crippen LogP contribution in [-0.2, 0) is 9.53 Å². The molecule has 2 atom stereocenters. The summed E-state index contributed by atoms with van der Waals surface area (Å²) in [4.78, 5) is 22.9. The molecule has 10 nitrogen and oxygen atoms in total. The molecule has 0 amide bonds. The van der Waals surface area contributed by atoms with Crippen LogP contribution in [-0.4, -0.2) is 81.4 Å². The van der Waals surface area contributed by atoms with E-state index in [1.807, 2.05) is 22.8 Å². The van der Waals surface area contributed by atoms with Crippen molar-refractivity contribution in [1.82, 2.24) is 29.7 Å². The summed E-state index contributed by atoms with van der Waals surface area (Å²) in [6.07, 6.45) is 9.09. The van der Waals surface area contributed by atoms with Crippen molar-refractivity contribution in [2.45, 2.75) is 56.9 Å². The van der Waals surface area contributed by atoms with Crippen molar-refractivity contribution in [2.75, 3.05) is 50.1 Å². The van der Waals surface area contributed by atoms with Crippen LogP contribution in [0.15, 0.2) is 24.4 Å². The van der Waals surface area contributed by atoms with Crippen LogP contribution >= 0.6 is 0 Å². The summed E-state index contributed by atoms with van der Waals surface area (Å²) in [6, 6.07) is 5.86. The molecule has 0 spiro atoms. The molecule has 3 aliphatic rings. The number of aromatic nitrogens is 5. The van der Waals surface area contributed by atoms with Gasteiger partial charge in [-0.2, -0.15) is 10.1 Å². The standard InChI is InChI=1S/C26H36N8O2/c1-36-14-13-32-10-2-5-18(17-32)15-23(35)21-6-3-11-33(21)26-28-25(22-7-4-12-34(22)31-26)27-24-16-20(29-30-24)19-8-9-19/h4,7,12,16,18-19,21H,2-3,5-6,8-11,13-15,17H2,1H3,(H2,27,28,29,30,31)/t18?,21-/m0/s1. The van der Waals surface area contributed by atoms with Crippen LogP contribution in [0.2, 0.25) is 0 Å². The van der Waals surface area contributed by atoms with Gasteiger partial charge in [-0.1, -0.05) is 0 Å². The van der Waals surface area contributed by atoms with E-state index in [4.69, 9.17) is 14.8 Å². The van der Waals surface area contributed by atoms with E-state index in [1.54, 1.807) is 7.11 Å². The predicted octanol–water partition coefficient (Wildman–Crippen LogP) is 3.36. The molecule has 3 aromatic heterocycles. The average molecular weight is 493 g/mol. The van der Waals surface area contributed by atoms with Crippen LogP contribution in [0, 0.1) is 5.92 Å². The van der Waals surface area contributed by atoms with Gasteiger partial charge < -0.3 is 19.9 Å². The second kappa shape index (κ2) is 10.2. The summed E-state index contributed by atoms with van der Waals surface area (Å²) in [7, 11) is 1.74. The van der Waals surface area contributed by atoms with E-state index in [0.717, 1.165) is 69.8 Å². The lowest BCUT2D eigenvalue weighted by molar-refractivity contribution is -0.121. The number of rotatable bonds is 10. The summed E-state index contributed by atoms with van der Waals surface area (Å²) >= 11 is 0. The number of methoxy groups -OCH3 is 1. The largest absolute Gasteiger partial charge is 0.383 e. The highest BCUT2D eigenvalue weighted by molar-refractivity contribution is 5.87. The van der Waals surface area contributed by atoms with Crippen molar-refractivity contribution in [3.05, 3.63) is 30.1 Å². The number of carbonyl (C=O) groups excluding carboxylic acids is 1. The van der Waals surface area contributed by atoms with Gasteiger partial charge in [0.15, 0.2) is 17.4 Å². The Bertz CT molecular complexity index is 1200. The number of hydrogen-bond donors (Lipinski definition) is 2. The van der Waals surface area contributed by atoms with Gasteiger partial charge >= 0.3 is 0 Å². The second-order valence-corrected chi connectivity index (χ2v) is 10.5. The molecular weight excluding hydrogens is 456 g/mol. The Kier molecular flexibility index (Phi) is 6.62. The summed E-state index contributed by atoms with van der Waals surface area (Å²) in [6.45, 7) is 4.56. The van der Waals surface area contributed by atoms with Crippen LogP contribution in [0.5, 0.6) is 0 Å². The molecule has 1 saturated carbocycles. The number of fused-ring (bicyclic) bond motifs is 1. The highest BCUT2D eigenvalue weighted by Gasteiger charge is 2.35. The van der Waals surface area contributed by atoms with Crippen molar-refractivity contribution in [1.29, 1.82) is 0 Å². The molecular formula is C26H36N8O2. The third-order valence-corrected chi connectivity index (χ3v) is 7.83. The highest BCUT2D eigenvalue weighted by Crippen LogP contribution is 2.40. The molecule has 2 saturated heterocycles. The van der Waals surface area contributed by atoms with Gasteiger partial charge in [-0.15, -0.1) is 5.10 Å². The van der Waals surface area contributed by atoms with Crippen LogP contribution < -0.4 is 10.2 Å². The Hall–Kier alpha value is -2.98. The van der Waals surface area contributed by atoms with E-state index in [1.165, 1.54) is 18.5 Å². The van der Waals surface area contributed by atoms with E-state index < -0.39 is 0 Å². The zero-order valence-corrected chi connectivity index (χ0v) is 21.0. The van der Waals surface area contributed by atoms with Gasteiger partial charge in [0.05, 0.1) is 12.6 Å². The molecule has 5 heterocycles. The maximum Gasteiger partial charge on any atom is 0.246 e. The zero-order valence-electron chi connectivity index (χ0n) is 21.0. The molecule has 10 heteroatoms. The van der Waals surface area contributed by atoms with Crippen molar-refractivity contribution >= 4 is 28.9 Å². The number of nitrogens with one attached hydrogen (secondary N) is 2. The minimum atomic E-state index is -0.160. The van der Waals surface area contributed by atoms with Crippen molar-refractivity contribution in [2.24, 2.45) is 5.92 Å². The number of piperidine rings is 1. The number of hydrogen-bond acceptors (Lipinski definition) is 8. The van der Waals surface area contributed by atoms with Crippen molar-refractivity contribution in [3.8, 4) is 0 Å². The molecule has 0 bridgehead atoms. The van der Waals surface area contributed by atoms with Crippen LogP contribution in [0.25, 0.3) is 5.52 Å². The Morgan fingerprint density at radius 3 is 2.97 bits per heavy atom. The molecule has 6 rings (SSSR count). The molecule has 2 aliphatic heterocycles. The fourth-order valence-electron chi connectivity index (χ4n) is 5.76. The number of carbonyl (C=O) groups is 1. The monoisotopic (exact) mass is 492 g/mol. The van der Waals surface area contributed by atoms with Crippen LogP contribution in [0.4, 0.5) is 17.6 Å². The molecule has 0 aromatic carbocycles. The lowest BCUT2D eigenvalue weighted by atomic mass is 9.90. The predicted molar refractivity (Wildman–Crippen MR) is 138 cm³/mol.